The van der Waals surface area contributed by atoms with Gasteiger partial charge in [-0.3, -0.25) is 4.79 Å². The minimum Gasteiger partial charge on any atom is -0.493 e. The van der Waals surface area contributed by atoms with Crippen LogP contribution in [0.1, 0.15) is 36.8 Å². The van der Waals surface area contributed by atoms with Crippen LogP contribution in [-0.2, 0) is 4.79 Å². The Bertz CT molecular complexity index is 1020. The molecule has 2 aromatic carbocycles. The van der Waals surface area contributed by atoms with Crippen LogP contribution in [0.3, 0.4) is 0 Å². The first-order valence-electron chi connectivity index (χ1n) is 9.99. The molecule has 152 valence electrons. The molecule has 1 amide bonds. The van der Waals surface area contributed by atoms with Crippen LogP contribution in [0.4, 0.5) is 0 Å². The van der Waals surface area contributed by atoms with E-state index in [1.165, 1.54) is 0 Å². The summed E-state index contributed by atoms with van der Waals surface area (Å²) in [5, 5.41) is 4.20. The van der Waals surface area contributed by atoms with E-state index in [1.807, 2.05) is 49.5 Å². The summed E-state index contributed by atoms with van der Waals surface area (Å²) in [6.45, 7) is 2.96. The Morgan fingerprint density at radius 2 is 2.03 bits per heavy atom. The third-order valence-corrected chi connectivity index (χ3v) is 5.59. The first-order chi connectivity index (χ1) is 14.1. The van der Waals surface area contributed by atoms with Gasteiger partial charge in [-0.2, -0.15) is 0 Å². The lowest BCUT2D eigenvalue weighted by molar-refractivity contribution is -0.123. The van der Waals surface area contributed by atoms with Crippen LogP contribution in [0.5, 0.6) is 11.5 Å². The predicted molar refractivity (Wildman–Crippen MR) is 113 cm³/mol. The fourth-order valence-corrected chi connectivity index (χ4v) is 3.70. The highest BCUT2D eigenvalue weighted by molar-refractivity contribution is 5.89. The number of methoxy groups -OCH3 is 1. The quantitative estimate of drug-likeness (QED) is 0.548. The average molecular weight is 393 g/mol. The van der Waals surface area contributed by atoms with Gasteiger partial charge >= 0.3 is 0 Å². The zero-order valence-corrected chi connectivity index (χ0v) is 16.8. The highest BCUT2D eigenvalue weighted by Gasteiger charge is 2.45. The number of aromatic nitrogens is 1. The van der Waals surface area contributed by atoms with E-state index in [2.05, 4.69) is 16.4 Å². The van der Waals surface area contributed by atoms with E-state index in [4.69, 9.17) is 15.2 Å². The Labute approximate surface area is 170 Å². The van der Waals surface area contributed by atoms with Crippen molar-refractivity contribution in [3.8, 4) is 11.5 Å². The lowest BCUT2D eigenvalue weighted by atomic mass is 9.90. The van der Waals surface area contributed by atoms with Crippen molar-refractivity contribution >= 4 is 16.8 Å². The number of hydrogen-bond donors (Lipinski definition) is 3. The molecule has 1 aromatic heterocycles. The van der Waals surface area contributed by atoms with Crippen molar-refractivity contribution in [3.63, 3.8) is 0 Å². The van der Waals surface area contributed by atoms with E-state index in [9.17, 15) is 4.79 Å². The average Bonchev–Trinajstić information content (AvgIpc) is 3.36. The summed E-state index contributed by atoms with van der Waals surface area (Å²) in [5.41, 5.74) is 8.60. The molecule has 0 radical (unpaired) electrons. The van der Waals surface area contributed by atoms with Gasteiger partial charge in [-0.05, 0) is 49.1 Å². The monoisotopic (exact) mass is 393 g/mol. The normalized spacial score (nSPS) is 15.7. The minimum atomic E-state index is -0.693. The number of nitrogens with one attached hydrogen (secondary N) is 2. The first-order valence-corrected chi connectivity index (χ1v) is 9.99. The topological polar surface area (TPSA) is 89.4 Å². The summed E-state index contributed by atoms with van der Waals surface area (Å²) in [4.78, 5) is 15.8. The molecule has 4 rings (SSSR count). The highest BCUT2D eigenvalue weighted by atomic mass is 16.5. The second kappa shape index (κ2) is 7.79. The van der Waals surface area contributed by atoms with Crippen LogP contribution in [-0.4, -0.2) is 36.7 Å². The van der Waals surface area contributed by atoms with Crippen molar-refractivity contribution in [1.82, 2.24) is 10.3 Å². The van der Waals surface area contributed by atoms with Crippen LogP contribution in [0.2, 0.25) is 0 Å². The Morgan fingerprint density at radius 1 is 1.24 bits per heavy atom. The molecule has 6 nitrogen and oxygen atoms in total. The smallest absolute Gasteiger partial charge is 0.240 e. The van der Waals surface area contributed by atoms with Crippen molar-refractivity contribution in [2.24, 2.45) is 5.73 Å². The molecule has 3 aromatic rings. The number of H-pyrrole nitrogens is 1. The molecule has 1 fully saturated rings. The molecule has 1 atom stereocenters. The Morgan fingerprint density at radius 3 is 2.76 bits per heavy atom. The number of amides is 1. The van der Waals surface area contributed by atoms with E-state index < -0.39 is 5.54 Å². The van der Waals surface area contributed by atoms with Gasteiger partial charge in [0.1, 0.15) is 0 Å². The molecular formula is C23H27N3O3. The number of carbonyl (C=O) groups excluding carboxylic acids is 1. The number of aromatic amines is 1. The van der Waals surface area contributed by atoms with Crippen molar-refractivity contribution in [1.29, 1.82) is 0 Å². The van der Waals surface area contributed by atoms with E-state index >= 15 is 0 Å². The second-order valence-corrected chi connectivity index (χ2v) is 7.55. The predicted octanol–water partition coefficient (Wildman–Crippen LogP) is 3.31. The maximum Gasteiger partial charge on any atom is 0.240 e. The first kappa shape index (κ1) is 19.3. The molecular weight excluding hydrogens is 366 g/mol. The maximum absolute atomic E-state index is 12.5. The van der Waals surface area contributed by atoms with Crippen molar-refractivity contribution in [2.45, 2.75) is 31.2 Å². The highest BCUT2D eigenvalue weighted by Crippen LogP contribution is 2.36. The number of nitrogens with two attached hydrogens (primary N) is 1. The maximum atomic E-state index is 12.5. The van der Waals surface area contributed by atoms with E-state index in [1.54, 1.807) is 7.11 Å². The lowest BCUT2D eigenvalue weighted by Gasteiger charge is -2.21. The van der Waals surface area contributed by atoms with Gasteiger partial charge in [-0.25, -0.2) is 0 Å². The van der Waals surface area contributed by atoms with Crippen LogP contribution in [0.25, 0.3) is 10.9 Å². The number of para-hydroxylation sites is 1. The van der Waals surface area contributed by atoms with Gasteiger partial charge in [0, 0.05) is 29.6 Å². The molecule has 0 saturated heterocycles. The Kier molecular flexibility index (Phi) is 5.20. The number of carbonyl (C=O) groups is 1. The fourth-order valence-electron chi connectivity index (χ4n) is 3.70. The molecule has 29 heavy (non-hydrogen) atoms. The summed E-state index contributed by atoms with van der Waals surface area (Å²) < 4.78 is 11.2. The minimum absolute atomic E-state index is 0.0537. The van der Waals surface area contributed by atoms with Crippen molar-refractivity contribution < 1.29 is 14.3 Å². The Hall–Kier alpha value is -2.99. The molecule has 1 aliphatic rings. The third-order valence-electron chi connectivity index (χ3n) is 5.59. The summed E-state index contributed by atoms with van der Waals surface area (Å²) in [6.07, 6.45) is 3.50. The van der Waals surface area contributed by atoms with Gasteiger partial charge in [-0.15, -0.1) is 0 Å². The van der Waals surface area contributed by atoms with E-state index in [-0.39, 0.29) is 11.8 Å². The van der Waals surface area contributed by atoms with E-state index in [0.717, 1.165) is 34.9 Å². The van der Waals surface area contributed by atoms with Gasteiger partial charge in [0.15, 0.2) is 11.5 Å². The number of benzene rings is 2. The molecule has 0 spiro atoms. The van der Waals surface area contributed by atoms with Crippen molar-refractivity contribution in [3.05, 3.63) is 59.8 Å². The van der Waals surface area contributed by atoms with Gasteiger partial charge in [0.2, 0.25) is 5.91 Å². The van der Waals surface area contributed by atoms with Crippen LogP contribution < -0.4 is 20.5 Å². The largest absolute Gasteiger partial charge is 0.493 e. The SMILES string of the molecule is CCOc1ccc(C(CNC(=O)C2(N)CC2)c2c[nH]c3ccccc23)cc1OC. The molecule has 6 heteroatoms. The van der Waals surface area contributed by atoms with Crippen LogP contribution >= 0.6 is 0 Å². The number of fused-ring (bicyclic) bond motifs is 1. The lowest BCUT2D eigenvalue weighted by Crippen LogP contribution is -2.44. The molecule has 1 heterocycles. The molecule has 1 unspecified atom stereocenters. The third kappa shape index (κ3) is 3.80. The van der Waals surface area contributed by atoms with Gasteiger partial charge in [-0.1, -0.05) is 24.3 Å². The molecule has 1 saturated carbocycles. The molecule has 0 aliphatic heterocycles. The standard InChI is InChI=1S/C23H27N3O3/c1-3-29-20-9-8-15(12-21(20)28-2)17(13-26-22(27)23(24)10-11-23)18-14-25-19-7-5-4-6-16(18)19/h4-9,12,14,17,25H,3,10-11,13,24H2,1-2H3,(H,26,27). The van der Waals surface area contributed by atoms with Crippen molar-refractivity contribution in [2.75, 3.05) is 20.3 Å². The zero-order valence-electron chi connectivity index (χ0n) is 16.8. The summed E-state index contributed by atoms with van der Waals surface area (Å²) >= 11 is 0. The molecule has 4 N–H and O–H groups in total. The fraction of sp³-hybridized carbons (Fsp3) is 0.348. The van der Waals surface area contributed by atoms with Crippen LogP contribution in [0, 0.1) is 0 Å². The number of ether oxygens (including phenoxy) is 2. The zero-order chi connectivity index (χ0) is 20.4. The number of hydrogen-bond acceptors (Lipinski definition) is 4. The molecule has 0 bridgehead atoms. The number of rotatable bonds is 8. The van der Waals surface area contributed by atoms with Crippen LogP contribution in [0.15, 0.2) is 48.7 Å². The van der Waals surface area contributed by atoms with E-state index in [0.29, 0.717) is 24.7 Å². The summed E-state index contributed by atoms with van der Waals surface area (Å²) in [7, 11) is 1.63. The van der Waals surface area contributed by atoms with Gasteiger partial charge in [0.05, 0.1) is 19.3 Å². The van der Waals surface area contributed by atoms with Gasteiger partial charge < -0.3 is 25.5 Å². The van der Waals surface area contributed by atoms with Gasteiger partial charge in [0.25, 0.3) is 0 Å². The Balaban J connectivity index is 1.70. The summed E-state index contributed by atoms with van der Waals surface area (Å²) in [5.74, 6) is 1.25. The molecule has 1 aliphatic carbocycles. The second-order valence-electron chi connectivity index (χ2n) is 7.55. The summed E-state index contributed by atoms with van der Waals surface area (Å²) in [6, 6.07) is 14.1.